The summed E-state index contributed by atoms with van der Waals surface area (Å²) in [6.45, 7) is 2.25. The van der Waals surface area contributed by atoms with Crippen LogP contribution < -0.4 is 5.73 Å². The molecule has 3 heteroatoms. The molecule has 94 valence electrons. The topological polar surface area (TPSA) is 26.0 Å². The van der Waals surface area contributed by atoms with Crippen LogP contribution in [0.5, 0.6) is 0 Å². The summed E-state index contributed by atoms with van der Waals surface area (Å²) >= 11 is 5.75. The highest BCUT2D eigenvalue weighted by molar-refractivity contribution is 6.30. The summed E-state index contributed by atoms with van der Waals surface area (Å²) < 4.78 is 13.7. The van der Waals surface area contributed by atoms with E-state index in [2.05, 4.69) is 6.92 Å². The number of nitrogens with two attached hydrogens (primary N) is 1. The molecule has 1 aliphatic carbocycles. The molecule has 0 aromatic heterocycles. The quantitative estimate of drug-likeness (QED) is 0.855. The van der Waals surface area contributed by atoms with Gasteiger partial charge in [-0.15, -0.1) is 0 Å². The molecule has 0 radical (unpaired) electrons. The standard InChI is InChI=1S/C14H19ClFN/c1-9-2-5-14(17)11(6-9)7-10-3-4-12(15)8-13(10)16/h3-4,8-9,11,14H,2,5-7,17H2,1H3. The zero-order valence-corrected chi connectivity index (χ0v) is 10.9. The van der Waals surface area contributed by atoms with E-state index in [-0.39, 0.29) is 11.9 Å². The first kappa shape index (κ1) is 12.8. The van der Waals surface area contributed by atoms with E-state index in [4.69, 9.17) is 17.3 Å². The van der Waals surface area contributed by atoms with Crippen molar-refractivity contribution in [2.75, 3.05) is 0 Å². The molecule has 1 aromatic carbocycles. The van der Waals surface area contributed by atoms with Crippen LogP contribution in [0.2, 0.25) is 5.02 Å². The molecule has 0 heterocycles. The van der Waals surface area contributed by atoms with Crippen LogP contribution in [0.4, 0.5) is 4.39 Å². The first-order valence-corrected chi connectivity index (χ1v) is 6.63. The van der Waals surface area contributed by atoms with Crippen LogP contribution in [0.3, 0.4) is 0 Å². The van der Waals surface area contributed by atoms with Crippen LogP contribution in [-0.2, 0) is 6.42 Å². The fourth-order valence-electron chi connectivity index (χ4n) is 2.73. The third-order valence-corrected chi connectivity index (χ3v) is 4.04. The summed E-state index contributed by atoms with van der Waals surface area (Å²) in [7, 11) is 0. The zero-order chi connectivity index (χ0) is 12.4. The van der Waals surface area contributed by atoms with Gasteiger partial charge in [0.15, 0.2) is 0 Å². The molecule has 3 atom stereocenters. The van der Waals surface area contributed by atoms with Crippen LogP contribution in [0.15, 0.2) is 18.2 Å². The summed E-state index contributed by atoms with van der Waals surface area (Å²) in [4.78, 5) is 0. The summed E-state index contributed by atoms with van der Waals surface area (Å²) in [6.07, 6.45) is 4.08. The van der Waals surface area contributed by atoms with Crippen LogP contribution >= 0.6 is 11.6 Å². The molecule has 1 aromatic rings. The SMILES string of the molecule is CC1CCC(N)C(Cc2ccc(Cl)cc2F)C1. The highest BCUT2D eigenvalue weighted by Crippen LogP contribution is 2.31. The molecule has 1 saturated carbocycles. The van der Waals surface area contributed by atoms with Gasteiger partial charge < -0.3 is 5.73 Å². The number of halogens is 2. The van der Waals surface area contributed by atoms with E-state index in [0.29, 0.717) is 16.9 Å². The van der Waals surface area contributed by atoms with Crippen molar-refractivity contribution in [2.24, 2.45) is 17.6 Å². The Morgan fingerprint density at radius 3 is 2.88 bits per heavy atom. The van der Waals surface area contributed by atoms with E-state index in [1.54, 1.807) is 12.1 Å². The van der Waals surface area contributed by atoms with E-state index >= 15 is 0 Å². The molecule has 0 amide bonds. The monoisotopic (exact) mass is 255 g/mol. The molecule has 0 spiro atoms. The average molecular weight is 256 g/mol. The highest BCUT2D eigenvalue weighted by atomic mass is 35.5. The van der Waals surface area contributed by atoms with E-state index in [0.717, 1.165) is 24.8 Å². The van der Waals surface area contributed by atoms with E-state index in [1.165, 1.54) is 12.5 Å². The summed E-state index contributed by atoms with van der Waals surface area (Å²) in [5, 5.41) is 0.451. The Hall–Kier alpha value is -0.600. The highest BCUT2D eigenvalue weighted by Gasteiger charge is 2.26. The van der Waals surface area contributed by atoms with Gasteiger partial charge in [-0.2, -0.15) is 0 Å². The van der Waals surface area contributed by atoms with Crippen molar-refractivity contribution in [1.29, 1.82) is 0 Å². The number of rotatable bonds is 2. The van der Waals surface area contributed by atoms with Gasteiger partial charge in [-0.3, -0.25) is 0 Å². The van der Waals surface area contributed by atoms with Gasteiger partial charge in [0.05, 0.1) is 0 Å². The minimum Gasteiger partial charge on any atom is -0.327 e. The van der Waals surface area contributed by atoms with Crippen molar-refractivity contribution in [3.63, 3.8) is 0 Å². The number of hydrogen-bond acceptors (Lipinski definition) is 1. The lowest BCUT2D eigenvalue weighted by atomic mass is 9.76. The van der Waals surface area contributed by atoms with Crippen LogP contribution in [0.1, 0.15) is 31.7 Å². The van der Waals surface area contributed by atoms with Gasteiger partial charge >= 0.3 is 0 Å². The molecule has 2 rings (SSSR count). The second kappa shape index (κ2) is 5.36. The van der Waals surface area contributed by atoms with E-state index in [1.807, 2.05) is 0 Å². The Kier molecular flexibility index (Phi) is 4.05. The maximum Gasteiger partial charge on any atom is 0.127 e. The van der Waals surface area contributed by atoms with Crippen molar-refractivity contribution < 1.29 is 4.39 Å². The molecule has 2 N–H and O–H groups in total. The van der Waals surface area contributed by atoms with Crippen molar-refractivity contribution in [1.82, 2.24) is 0 Å². The van der Waals surface area contributed by atoms with E-state index in [9.17, 15) is 4.39 Å². The molecular weight excluding hydrogens is 237 g/mol. The molecule has 1 fully saturated rings. The largest absolute Gasteiger partial charge is 0.327 e. The Balaban J connectivity index is 2.08. The maximum atomic E-state index is 13.7. The van der Waals surface area contributed by atoms with Crippen molar-refractivity contribution in [3.05, 3.63) is 34.6 Å². The molecule has 3 unspecified atom stereocenters. The predicted molar refractivity (Wildman–Crippen MR) is 69.6 cm³/mol. The minimum atomic E-state index is -0.206. The molecule has 17 heavy (non-hydrogen) atoms. The summed E-state index contributed by atoms with van der Waals surface area (Å²) in [5.74, 6) is 0.896. The lowest BCUT2D eigenvalue weighted by Crippen LogP contribution is -2.36. The Morgan fingerprint density at radius 1 is 1.41 bits per heavy atom. The normalized spacial score (nSPS) is 29.3. The first-order chi connectivity index (χ1) is 8.06. The first-order valence-electron chi connectivity index (χ1n) is 6.25. The minimum absolute atomic E-state index is 0.206. The van der Waals surface area contributed by atoms with Gasteiger partial charge in [0.2, 0.25) is 0 Å². The third kappa shape index (κ3) is 3.20. The molecule has 0 bridgehead atoms. The fourth-order valence-corrected chi connectivity index (χ4v) is 2.89. The lowest BCUT2D eigenvalue weighted by Gasteiger charge is -2.32. The number of benzene rings is 1. The van der Waals surface area contributed by atoms with Crippen LogP contribution in [0, 0.1) is 17.7 Å². The van der Waals surface area contributed by atoms with E-state index < -0.39 is 0 Å². The van der Waals surface area contributed by atoms with Crippen LogP contribution in [0.25, 0.3) is 0 Å². The lowest BCUT2D eigenvalue weighted by molar-refractivity contribution is 0.243. The van der Waals surface area contributed by atoms with Gasteiger partial charge in [-0.1, -0.05) is 24.6 Å². The fraction of sp³-hybridized carbons (Fsp3) is 0.571. The Labute approximate surface area is 107 Å². The van der Waals surface area contributed by atoms with Gasteiger partial charge in [-0.05, 0) is 55.2 Å². The summed E-state index contributed by atoms with van der Waals surface area (Å²) in [6, 6.07) is 5.12. The second-order valence-corrected chi connectivity index (χ2v) is 5.72. The molecule has 1 nitrogen and oxygen atoms in total. The molecule has 1 aliphatic rings. The zero-order valence-electron chi connectivity index (χ0n) is 10.1. The smallest absolute Gasteiger partial charge is 0.127 e. The van der Waals surface area contributed by atoms with Crippen molar-refractivity contribution in [3.8, 4) is 0 Å². The molecule has 0 saturated heterocycles. The molecular formula is C14H19ClFN. The predicted octanol–water partition coefficient (Wildman–Crippen LogP) is 3.79. The van der Waals surface area contributed by atoms with Gasteiger partial charge in [-0.25, -0.2) is 4.39 Å². The van der Waals surface area contributed by atoms with Gasteiger partial charge in [0.25, 0.3) is 0 Å². The Bertz CT molecular complexity index is 394. The van der Waals surface area contributed by atoms with Crippen molar-refractivity contribution >= 4 is 11.6 Å². The van der Waals surface area contributed by atoms with Gasteiger partial charge in [0.1, 0.15) is 5.82 Å². The second-order valence-electron chi connectivity index (χ2n) is 5.28. The van der Waals surface area contributed by atoms with Gasteiger partial charge in [0, 0.05) is 11.1 Å². The number of hydrogen-bond donors (Lipinski definition) is 1. The van der Waals surface area contributed by atoms with Crippen molar-refractivity contribution in [2.45, 2.75) is 38.6 Å². The third-order valence-electron chi connectivity index (χ3n) is 3.80. The Morgan fingerprint density at radius 2 is 2.18 bits per heavy atom. The maximum absolute atomic E-state index is 13.7. The molecule has 0 aliphatic heterocycles. The van der Waals surface area contributed by atoms with Crippen LogP contribution in [-0.4, -0.2) is 6.04 Å². The average Bonchev–Trinajstić information content (AvgIpc) is 2.27. The summed E-state index contributed by atoms with van der Waals surface area (Å²) in [5.41, 5.74) is 6.86.